The molecule has 0 aromatic carbocycles. The first-order valence-corrected chi connectivity index (χ1v) is 6.49. The third-order valence-electron chi connectivity index (χ3n) is 3.33. The van der Waals surface area contributed by atoms with Crippen molar-refractivity contribution in [1.29, 1.82) is 0 Å². The molecule has 0 saturated heterocycles. The number of hydrogen-bond acceptors (Lipinski definition) is 3. The highest BCUT2D eigenvalue weighted by Gasteiger charge is 2.26. The molecule has 0 aromatic rings. The van der Waals surface area contributed by atoms with E-state index < -0.39 is 0 Å². The second kappa shape index (κ2) is 8.23. The Morgan fingerprint density at radius 2 is 1.59 bits per heavy atom. The predicted octanol–water partition coefficient (Wildman–Crippen LogP) is 1.49. The molecule has 0 rings (SSSR count). The van der Waals surface area contributed by atoms with Crippen LogP contribution in [-0.2, 0) is 9.59 Å². The quantitative estimate of drug-likeness (QED) is 0.678. The van der Waals surface area contributed by atoms with Crippen LogP contribution < -0.4 is 10.6 Å². The molecular weight excluding hydrogens is 216 g/mol. The first-order valence-electron chi connectivity index (χ1n) is 6.49. The number of nitrogens with one attached hydrogen (secondary N) is 2. The molecule has 0 aromatic heterocycles. The summed E-state index contributed by atoms with van der Waals surface area (Å²) in [4.78, 5) is 23.5. The minimum absolute atomic E-state index is 0.0398. The molecule has 0 radical (unpaired) electrons. The normalized spacial score (nSPS) is 14.5. The summed E-state index contributed by atoms with van der Waals surface area (Å²) in [5.74, 6) is 0.186. The van der Waals surface area contributed by atoms with Gasteiger partial charge in [0, 0.05) is 0 Å². The summed E-state index contributed by atoms with van der Waals surface area (Å²) in [5.41, 5.74) is 0. The fourth-order valence-corrected chi connectivity index (χ4v) is 2.09. The molecular formula is C13H26N2O2. The highest BCUT2D eigenvalue weighted by Crippen LogP contribution is 2.14. The lowest BCUT2D eigenvalue weighted by Crippen LogP contribution is -2.51. The van der Waals surface area contributed by atoms with Gasteiger partial charge in [-0.1, -0.05) is 33.6 Å². The molecule has 1 unspecified atom stereocenters. The van der Waals surface area contributed by atoms with Crippen molar-refractivity contribution >= 4 is 11.7 Å². The Balaban J connectivity index is 4.65. The van der Waals surface area contributed by atoms with E-state index in [4.69, 9.17) is 0 Å². The SMILES string of the molecule is CCC(CC)C(NC(=O)[C@H](CC)NC)C(C)=O. The first kappa shape index (κ1) is 16.1. The van der Waals surface area contributed by atoms with E-state index in [1.54, 1.807) is 14.0 Å². The van der Waals surface area contributed by atoms with Crippen LogP contribution in [0.15, 0.2) is 0 Å². The standard InChI is InChI=1S/C13H26N2O2/c1-6-10(7-2)12(9(4)16)15-13(17)11(8-3)14-5/h10-12,14H,6-8H2,1-5H3,(H,15,17)/t11-,12?/m0/s1. The van der Waals surface area contributed by atoms with Crippen LogP contribution in [-0.4, -0.2) is 30.8 Å². The van der Waals surface area contributed by atoms with Crippen molar-refractivity contribution in [3.8, 4) is 0 Å². The van der Waals surface area contributed by atoms with Crippen LogP contribution in [0.4, 0.5) is 0 Å². The molecule has 0 aliphatic carbocycles. The Labute approximate surface area is 105 Å². The number of carbonyl (C=O) groups excluding carboxylic acids is 2. The molecule has 17 heavy (non-hydrogen) atoms. The largest absolute Gasteiger partial charge is 0.345 e. The van der Waals surface area contributed by atoms with Gasteiger partial charge >= 0.3 is 0 Å². The number of amides is 1. The van der Waals surface area contributed by atoms with Crippen LogP contribution in [0.2, 0.25) is 0 Å². The summed E-state index contributed by atoms with van der Waals surface area (Å²) >= 11 is 0. The van der Waals surface area contributed by atoms with Crippen molar-refractivity contribution < 1.29 is 9.59 Å². The fourth-order valence-electron chi connectivity index (χ4n) is 2.09. The van der Waals surface area contributed by atoms with E-state index in [1.807, 2.05) is 20.8 Å². The topological polar surface area (TPSA) is 58.2 Å². The molecule has 0 aliphatic rings. The molecule has 2 N–H and O–H groups in total. The zero-order chi connectivity index (χ0) is 13.4. The maximum atomic E-state index is 11.9. The third-order valence-corrected chi connectivity index (χ3v) is 3.33. The highest BCUT2D eigenvalue weighted by atomic mass is 16.2. The van der Waals surface area contributed by atoms with E-state index in [-0.39, 0.29) is 29.7 Å². The number of rotatable bonds is 8. The monoisotopic (exact) mass is 242 g/mol. The zero-order valence-electron chi connectivity index (χ0n) is 11.7. The minimum Gasteiger partial charge on any atom is -0.345 e. The third kappa shape index (κ3) is 4.86. The summed E-state index contributed by atoms with van der Waals surface area (Å²) in [5, 5.41) is 5.82. The maximum absolute atomic E-state index is 11.9. The Morgan fingerprint density at radius 3 is 1.88 bits per heavy atom. The molecule has 0 aliphatic heterocycles. The molecule has 0 heterocycles. The van der Waals surface area contributed by atoms with Crippen LogP contribution in [0.3, 0.4) is 0 Å². The van der Waals surface area contributed by atoms with Crippen LogP contribution in [0, 0.1) is 5.92 Å². The van der Waals surface area contributed by atoms with Gasteiger partial charge in [0.2, 0.25) is 5.91 Å². The van der Waals surface area contributed by atoms with Gasteiger partial charge in [-0.15, -0.1) is 0 Å². The van der Waals surface area contributed by atoms with Gasteiger partial charge in [0.1, 0.15) is 0 Å². The van der Waals surface area contributed by atoms with E-state index in [0.29, 0.717) is 0 Å². The number of ketones is 1. The van der Waals surface area contributed by atoms with Crippen molar-refractivity contribution in [3.05, 3.63) is 0 Å². The summed E-state index contributed by atoms with van der Waals surface area (Å²) in [6, 6.07) is -0.564. The van der Waals surface area contributed by atoms with Crippen LogP contribution in [0.25, 0.3) is 0 Å². The summed E-state index contributed by atoms with van der Waals surface area (Å²) < 4.78 is 0. The molecule has 1 amide bonds. The van der Waals surface area contributed by atoms with Crippen molar-refractivity contribution in [3.63, 3.8) is 0 Å². The zero-order valence-corrected chi connectivity index (χ0v) is 11.7. The summed E-state index contributed by atoms with van der Waals surface area (Å²) in [6.07, 6.45) is 2.52. The second-order valence-corrected chi connectivity index (χ2v) is 4.42. The molecule has 4 nitrogen and oxygen atoms in total. The molecule has 0 spiro atoms. The van der Waals surface area contributed by atoms with Crippen molar-refractivity contribution in [2.24, 2.45) is 5.92 Å². The number of hydrogen-bond donors (Lipinski definition) is 2. The van der Waals surface area contributed by atoms with Crippen molar-refractivity contribution in [2.75, 3.05) is 7.05 Å². The second-order valence-electron chi connectivity index (χ2n) is 4.42. The van der Waals surface area contributed by atoms with Gasteiger partial charge in [0.15, 0.2) is 5.78 Å². The summed E-state index contributed by atoms with van der Waals surface area (Å²) in [7, 11) is 1.76. The van der Waals surface area contributed by atoms with E-state index >= 15 is 0 Å². The Bertz CT molecular complexity index is 246. The molecule has 0 fully saturated rings. The Morgan fingerprint density at radius 1 is 1.06 bits per heavy atom. The van der Waals surface area contributed by atoms with Gasteiger partial charge in [0.05, 0.1) is 12.1 Å². The van der Waals surface area contributed by atoms with Gasteiger partial charge in [-0.2, -0.15) is 0 Å². The highest BCUT2D eigenvalue weighted by molar-refractivity contribution is 5.89. The van der Waals surface area contributed by atoms with Gasteiger partial charge < -0.3 is 10.6 Å². The average Bonchev–Trinajstić information content (AvgIpc) is 2.30. The van der Waals surface area contributed by atoms with E-state index in [9.17, 15) is 9.59 Å². The molecule has 100 valence electrons. The van der Waals surface area contributed by atoms with Gasteiger partial charge in [-0.25, -0.2) is 0 Å². The number of Topliss-reactive ketones (excluding diaryl/α,β-unsaturated/α-hetero) is 1. The average molecular weight is 242 g/mol. The first-order chi connectivity index (χ1) is 8.01. The van der Waals surface area contributed by atoms with Gasteiger partial charge in [0.25, 0.3) is 0 Å². The van der Waals surface area contributed by atoms with E-state index in [1.165, 1.54) is 0 Å². The fraction of sp³-hybridized carbons (Fsp3) is 0.846. The minimum atomic E-state index is -0.347. The van der Waals surface area contributed by atoms with Crippen molar-refractivity contribution in [2.45, 2.75) is 59.0 Å². The van der Waals surface area contributed by atoms with Gasteiger partial charge in [-0.05, 0) is 26.3 Å². The van der Waals surface area contributed by atoms with Gasteiger partial charge in [-0.3, -0.25) is 9.59 Å². The van der Waals surface area contributed by atoms with Crippen LogP contribution in [0.1, 0.15) is 47.0 Å². The lowest BCUT2D eigenvalue weighted by atomic mass is 9.91. The summed E-state index contributed by atoms with van der Waals surface area (Å²) in [6.45, 7) is 7.58. The predicted molar refractivity (Wildman–Crippen MR) is 69.8 cm³/mol. The molecule has 2 atom stereocenters. The van der Waals surface area contributed by atoms with Crippen LogP contribution >= 0.6 is 0 Å². The van der Waals surface area contributed by atoms with E-state index in [0.717, 1.165) is 19.3 Å². The Kier molecular flexibility index (Phi) is 7.79. The molecule has 0 saturated carbocycles. The van der Waals surface area contributed by atoms with Crippen molar-refractivity contribution in [1.82, 2.24) is 10.6 Å². The lowest BCUT2D eigenvalue weighted by molar-refractivity contribution is -0.129. The smallest absolute Gasteiger partial charge is 0.237 e. The maximum Gasteiger partial charge on any atom is 0.237 e. The lowest BCUT2D eigenvalue weighted by Gasteiger charge is -2.26. The van der Waals surface area contributed by atoms with Crippen LogP contribution in [0.5, 0.6) is 0 Å². The Hall–Kier alpha value is -0.900. The van der Waals surface area contributed by atoms with E-state index in [2.05, 4.69) is 10.6 Å². The molecule has 4 heteroatoms. The molecule has 0 bridgehead atoms. The number of carbonyl (C=O) groups is 2. The number of likely N-dealkylation sites (N-methyl/N-ethyl adjacent to an activating group) is 1.